The molecule has 0 radical (unpaired) electrons. The minimum absolute atomic E-state index is 0.0543. The van der Waals surface area contributed by atoms with Gasteiger partial charge in [-0.2, -0.15) is 0 Å². The van der Waals surface area contributed by atoms with E-state index in [4.69, 9.17) is 17.3 Å². The number of halogens is 4. The minimum Gasteiger partial charge on any atom is -0.369 e. The fourth-order valence-electron chi connectivity index (χ4n) is 2.00. The van der Waals surface area contributed by atoms with Crippen LogP contribution < -0.4 is 5.73 Å². The number of hydrogen-bond donors (Lipinski definition) is 1. The summed E-state index contributed by atoms with van der Waals surface area (Å²) in [4.78, 5) is 4.07. The maximum absolute atomic E-state index is 14.0. The molecule has 0 aliphatic carbocycles. The predicted octanol–water partition coefficient (Wildman–Crippen LogP) is 4.30. The zero-order valence-corrected chi connectivity index (χ0v) is 12.2. The SMILES string of the molecule is Nc1nc2cc(Cl)c(F)cc2n1-c1cc(Br)ccc1F. The first-order valence-electron chi connectivity index (χ1n) is 5.56. The number of anilines is 1. The highest BCUT2D eigenvalue weighted by atomic mass is 79.9. The van der Waals surface area contributed by atoms with E-state index in [9.17, 15) is 8.78 Å². The molecule has 2 aromatic carbocycles. The summed E-state index contributed by atoms with van der Waals surface area (Å²) in [5.74, 6) is -1.05. The topological polar surface area (TPSA) is 43.8 Å². The van der Waals surface area contributed by atoms with Gasteiger partial charge in [-0.3, -0.25) is 4.57 Å². The van der Waals surface area contributed by atoms with E-state index in [2.05, 4.69) is 20.9 Å². The lowest BCUT2D eigenvalue weighted by molar-refractivity contribution is 0.618. The molecule has 7 heteroatoms. The average molecular weight is 359 g/mol. The number of nitrogens with two attached hydrogens (primary N) is 1. The number of fused-ring (bicyclic) bond motifs is 1. The molecule has 1 heterocycles. The summed E-state index contributed by atoms with van der Waals surface area (Å²) in [6, 6.07) is 6.93. The molecule has 102 valence electrons. The van der Waals surface area contributed by atoms with Crippen LogP contribution in [0.2, 0.25) is 5.02 Å². The summed E-state index contributed by atoms with van der Waals surface area (Å²) < 4.78 is 29.6. The Labute approximate surface area is 126 Å². The summed E-state index contributed by atoms with van der Waals surface area (Å²) in [7, 11) is 0. The van der Waals surface area contributed by atoms with Gasteiger partial charge in [-0.1, -0.05) is 27.5 Å². The van der Waals surface area contributed by atoms with Crippen molar-refractivity contribution >= 4 is 44.5 Å². The third kappa shape index (κ3) is 2.05. The van der Waals surface area contributed by atoms with Crippen molar-refractivity contribution in [2.24, 2.45) is 0 Å². The van der Waals surface area contributed by atoms with Gasteiger partial charge in [0.05, 0.1) is 21.7 Å². The predicted molar refractivity (Wildman–Crippen MR) is 78.1 cm³/mol. The molecule has 0 atom stereocenters. The number of aromatic nitrogens is 2. The Hall–Kier alpha value is -1.66. The largest absolute Gasteiger partial charge is 0.369 e. The van der Waals surface area contributed by atoms with Gasteiger partial charge in [-0.15, -0.1) is 0 Å². The van der Waals surface area contributed by atoms with E-state index in [-0.39, 0.29) is 16.7 Å². The molecule has 0 unspecified atom stereocenters. The van der Waals surface area contributed by atoms with Crippen LogP contribution in [0.15, 0.2) is 34.8 Å². The number of hydrogen-bond acceptors (Lipinski definition) is 2. The van der Waals surface area contributed by atoms with E-state index in [1.165, 1.54) is 22.8 Å². The van der Waals surface area contributed by atoms with Gasteiger partial charge in [0.15, 0.2) is 0 Å². The highest BCUT2D eigenvalue weighted by Gasteiger charge is 2.16. The van der Waals surface area contributed by atoms with Crippen LogP contribution in [0.25, 0.3) is 16.7 Å². The number of benzene rings is 2. The van der Waals surface area contributed by atoms with Crippen LogP contribution in [0.3, 0.4) is 0 Å². The van der Waals surface area contributed by atoms with Crippen molar-refractivity contribution in [2.75, 3.05) is 5.73 Å². The molecular formula is C13H7BrClF2N3. The van der Waals surface area contributed by atoms with Crippen molar-refractivity contribution in [1.82, 2.24) is 9.55 Å². The summed E-state index contributed by atoms with van der Waals surface area (Å²) in [5.41, 5.74) is 6.74. The van der Waals surface area contributed by atoms with Crippen molar-refractivity contribution in [3.8, 4) is 5.69 Å². The van der Waals surface area contributed by atoms with Crippen molar-refractivity contribution in [3.63, 3.8) is 0 Å². The average Bonchev–Trinajstić information content (AvgIpc) is 2.69. The highest BCUT2D eigenvalue weighted by molar-refractivity contribution is 9.10. The quantitative estimate of drug-likeness (QED) is 0.705. The van der Waals surface area contributed by atoms with Crippen molar-refractivity contribution in [3.05, 3.63) is 51.5 Å². The molecule has 0 bridgehead atoms. The second kappa shape index (κ2) is 4.71. The molecule has 3 aromatic rings. The first kappa shape index (κ1) is 13.3. The fourth-order valence-corrected chi connectivity index (χ4v) is 2.51. The molecule has 20 heavy (non-hydrogen) atoms. The van der Waals surface area contributed by atoms with Crippen LogP contribution in [-0.4, -0.2) is 9.55 Å². The maximum atomic E-state index is 14.0. The standard InChI is InChI=1S/C13H7BrClF2N3/c14-6-1-2-8(16)11(3-6)20-12-5-9(17)7(15)4-10(12)19-13(20)18/h1-5H,(H2,18,19). The first-order chi connectivity index (χ1) is 9.47. The summed E-state index contributed by atoms with van der Waals surface area (Å²) in [6.07, 6.45) is 0. The second-order valence-electron chi connectivity index (χ2n) is 4.16. The summed E-state index contributed by atoms with van der Waals surface area (Å²) >= 11 is 8.97. The van der Waals surface area contributed by atoms with Crippen molar-refractivity contribution < 1.29 is 8.78 Å². The fraction of sp³-hybridized carbons (Fsp3) is 0. The van der Waals surface area contributed by atoms with Crippen LogP contribution in [-0.2, 0) is 0 Å². The third-order valence-electron chi connectivity index (χ3n) is 2.87. The van der Waals surface area contributed by atoms with E-state index >= 15 is 0 Å². The number of nitrogens with zero attached hydrogens (tertiary/aromatic N) is 2. The van der Waals surface area contributed by atoms with E-state index in [1.54, 1.807) is 12.1 Å². The molecule has 0 fully saturated rings. The Morgan fingerprint density at radius 2 is 1.90 bits per heavy atom. The Morgan fingerprint density at radius 3 is 2.65 bits per heavy atom. The zero-order chi connectivity index (χ0) is 14.4. The Morgan fingerprint density at radius 1 is 1.15 bits per heavy atom. The Kier molecular flexibility index (Phi) is 3.14. The second-order valence-corrected chi connectivity index (χ2v) is 5.48. The highest BCUT2D eigenvalue weighted by Crippen LogP contribution is 2.29. The molecule has 0 aliphatic heterocycles. The van der Waals surface area contributed by atoms with Crippen LogP contribution >= 0.6 is 27.5 Å². The lowest BCUT2D eigenvalue weighted by Gasteiger charge is -2.08. The summed E-state index contributed by atoms with van der Waals surface area (Å²) in [5, 5.41) is -0.0585. The molecule has 0 spiro atoms. The van der Waals surface area contributed by atoms with Gasteiger partial charge < -0.3 is 5.73 Å². The molecule has 0 saturated carbocycles. The van der Waals surface area contributed by atoms with E-state index in [1.807, 2.05) is 0 Å². The first-order valence-corrected chi connectivity index (χ1v) is 6.73. The Bertz CT molecular complexity index is 832. The Balaban J connectivity index is 2.38. The van der Waals surface area contributed by atoms with Gasteiger partial charge in [0.1, 0.15) is 11.6 Å². The van der Waals surface area contributed by atoms with Gasteiger partial charge >= 0.3 is 0 Å². The van der Waals surface area contributed by atoms with Crippen LogP contribution in [0.1, 0.15) is 0 Å². The zero-order valence-electron chi connectivity index (χ0n) is 9.87. The molecule has 0 amide bonds. The van der Waals surface area contributed by atoms with E-state index < -0.39 is 11.6 Å². The number of imidazole rings is 1. The van der Waals surface area contributed by atoms with Crippen LogP contribution in [0, 0.1) is 11.6 Å². The van der Waals surface area contributed by atoms with Gasteiger partial charge in [-0.05, 0) is 24.3 Å². The number of rotatable bonds is 1. The molecular weight excluding hydrogens is 352 g/mol. The molecule has 1 aromatic heterocycles. The molecule has 0 aliphatic rings. The van der Waals surface area contributed by atoms with Gasteiger partial charge in [-0.25, -0.2) is 13.8 Å². The van der Waals surface area contributed by atoms with Gasteiger partial charge in [0, 0.05) is 10.5 Å². The van der Waals surface area contributed by atoms with Gasteiger partial charge in [0.25, 0.3) is 0 Å². The normalized spacial score (nSPS) is 11.2. The van der Waals surface area contributed by atoms with E-state index in [0.717, 1.165) is 0 Å². The molecule has 3 rings (SSSR count). The van der Waals surface area contributed by atoms with E-state index in [0.29, 0.717) is 15.5 Å². The smallest absolute Gasteiger partial charge is 0.206 e. The van der Waals surface area contributed by atoms with Crippen LogP contribution in [0.5, 0.6) is 0 Å². The van der Waals surface area contributed by atoms with Crippen molar-refractivity contribution in [1.29, 1.82) is 0 Å². The lowest BCUT2D eigenvalue weighted by Crippen LogP contribution is -2.03. The molecule has 3 nitrogen and oxygen atoms in total. The molecule has 0 saturated heterocycles. The number of nitrogen functional groups attached to an aromatic ring is 1. The van der Waals surface area contributed by atoms with Crippen molar-refractivity contribution in [2.45, 2.75) is 0 Å². The van der Waals surface area contributed by atoms with Gasteiger partial charge in [0.2, 0.25) is 5.95 Å². The monoisotopic (exact) mass is 357 g/mol. The minimum atomic E-state index is -0.615. The molecule has 2 N–H and O–H groups in total. The third-order valence-corrected chi connectivity index (χ3v) is 3.65. The van der Waals surface area contributed by atoms with Crippen LogP contribution in [0.4, 0.5) is 14.7 Å². The summed E-state index contributed by atoms with van der Waals surface area (Å²) in [6.45, 7) is 0. The lowest BCUT2D eigenvalue weighted by atomic mass is 10.2. The maximum Gasteiger partial charge on any atom is 0.206 e.